The van der Waals surface area contributed by atoms with Gasteiger partial charge >= 0.3 is 6.03 Å². The molecule has 2 N–H and O–H groups in total. The number of nitrogens with zero attached hydrogens (tertiary/aromatic N) is 1. The SMILES string of the molecule is CC(C)CNC(=O)CN1C(=O)NC2(CCc3ccccc3C2)C1=O. The highest BCUT2D eigenvalue weighted by atomic mass is 16.2. The Kier molecular flexibility index (Phi) is 4.30. The van der Waals surface area contributed by atoms with E-state index in [9.17, 15) is 14.4 Å². The Balaban J connectivity index is 1.72. The first kappa shape index (κ1) is 16.5. The van der Waals surface area contributed by atoms with Gasteiger partial charge in [-0.2, -0.15) is 0 Å². The van der Waals surface area contributed by atoms with Gasteiger partial charge in [0.2, 0.25) is 5.91 Å². The lowest BCUT2D eigenvalue weighted by molar-refractivity contribution is -0.135. The minimum atomic E-state index is -0.899. The molecule has 1 heterocycles. The van der Waals surface area contributed by atoms with Crippen molar-refractivity contribution in [3.8, 4) is 0 Å². The molecule has 4 amide bonds. The minimum Gasteiger partial charge on any atom is -0.354 e. The summed E-state index contributed by atoms with van der Waals surface area (Å²) in [5, 5.41) is 5.58. The fraction of sp³-hybridized carbons (Fsp3) is 0.500. The average molecular weight is 329 g/mol. The maximum absolute atomic E-state index is 12.8. The molecule has 6 heteroatoms. The Bertz CT molecular complexity index is 686. The molecule has 1 atom stereocenters. The van der Waals surface area contributed by atoms with E-state index in [1.54, 1.807) is 0 Å². The number of urea groups is 1. The average Bonchev–Trinajstić information content (AvgIpc) is 2.77. The fourth-order valence-electron chi connectivity index (χ4n) is 3.36. The smallest absolute Gasteiger partial charge is 0.325 e. The van der Waals surface area contributed by atoms with Gasteiger partial charge in [-0.1, -0.05) is 38.1 Å². The molecule has 1 aromatic carbocycles. The lowest BCUT2D eigenvalue weighted by Crippen LogP contribution is -2.51. The second-order valence-electron chi connectivity index (χ2n) is 7.05. The molecule has 24 heavy (non-hydrogen) atoms. The zero-order valence-electron chi connectivity index (χ0n) is 14.1. The Labute approximate surface area is 141 Å². The molecule has 1 spiro atoms. The van der Waals surface area contributed by atoms with E-state index in [-0.39, 0.29) is 18.4 Å². The van der Waals surface area contributed by atoms with Crippen molar-refractivity contribution in [3.63, 3.8) is 0 Å². The summed E-state index contributed by atoms with van der Waals surface area (Å²) in [5.41, 5.74) is 1.41. The van der Waals surface area contributed by atoms with Crippen molar-refractivity contribution in [3.05, 3.63) is 35.4 Å². The summed E-state index contributed by atoms with van der Waals surface area (Å²) in [6.07, 6.45) is 1.80. The van der Waals surface area contributed by atoms with E-state index < -0.39 is 11.6 Å². The summed E-state index contributed by atoms with van der Waals surface area (Å²) in [6.45, 7) is 4.28. The van der Waals surface area contributed by atoms with Crippen LogP contribution in [0.3, 0.4) is 0 Å². The van der Waals surface area contributed by atoms with Gasteiger partial charge in [0.05, 0.1) is 0 Å². The van der Waals surface area contributed by atoms with Crippen LogP contribution in [-0.2, 0) is 22.4 Å². The standard InChI is InChI=1S/C18H23N3O3/c1-12(2)10-19-15(22)11-21-16(23)18(20-17(21)24)8-7-13-5-3-4-6-14(13)9-18/h3-6,12H,7-11H2,1-2H3,(H,19,22)(H,20,24). The van der Waals surface area contributed by atoms with E-state index in [1.165, 1.54) is 5.56 Å². The van der Waals surface area contributed by atoms with E-state index in [2.05, 4.69) is 16.7 Å². The maximum Gasteiger partial charge on any atom is 0.325 e. The van der Waals surface area contributed by atoms with Gasteiger partial charge in [0.1, 0.15) is 12.1 Å². The van der Waals surface area contributed by atoms with Crippen LogP contribution in [0.15, 0.2) is 24.3 Å². The Morgan fingerprint density at radius 2 is 2.00 bits per heavy atom. The zero-order valence-corrected chi connectivity index (χ0v) is 14.1. The molecule has 0 bridgehead atoms. The van der Waals surface area contributed by atoms with Crippen molar-refractivity contribution >= 4 is 17.8 Å². The number of fused-ring (bicyclic) bond motifs is 1. The number of carbonyl (C=O) groups excluding carboxylic acids is 3. The first-order valence-electron chi connectivity index (χ1n) is 8.39. The molecule has 3 rings (SSSR count). The molecule has 0 saturated carbocycles. The van der Waals surface area contributed by atoms with Crippen LogP contribution in [0.1, 0.15) is 31.4 Å². The number of hydrogen-bond acceptors (Lipinski definition) is 3. The van der Waals surface area contributed by atoms with Gasteiger partial charge in [-0.05, 0) is 29.9 Å². The minimum absolute atomic E-state index is 0.221. The molecule has 6 nitrogen and oxygen atoms in total. The van der Waals surface area contributed by atoms with Crippen molar-refractivity contribution in [1.29, 1.82) is 0 Å². The predicted molar refractivity (Wildman–Crippen MR) is 89.3 cm³/mol. The Hall–Kier alpha value is -2.37. The predicted octanol–water partition coefficient (Wildman–Crippen LogP) is 1.24. The van der Waals surface area contributed by atoms with Gasteiger partial charge in [-0.3, -0.25) is 14.5 Å². The molecule has 1 fully saturated rings. The normalized spacial score (nSPS) is 22.7. The van der Waals surface area contributed by atoms with E-state index in [1.807, 2.05) is 32.0 Å². The van der Waals surface area contributed by atoms with Crippen LogP contribution in [0.25, 0.3) is 0 Å². The zero-order chi connectivity index (χ0) is 17.3. The van der Waals surface area contributed by atoms with Crippen LogP contribution in [0.5, 0.6) is 0 Å². The third-order valence-electron chi connectivity index (χ3n) is 4.69. The summed E-state index contributed by atoms with van der Waals surface area (Å²) >= 11 is 0. The van der Waals surface area contributed by atoms with Crippen LogP contribution >= 0.6 is 0 Å². The summed E-state index contributed by atoms with van der Waals surface area (Å²) in [7, 11) is 0. The number of amides is 4. The van der Waals surface area contributed by atoms with Gasteiger partial charge in [-0.25, -0.2) is 4.79 Å². The van der Waals surface area contributed by atoms with Gasteiger partial charge < -0.3 is 10.6 Å². The maximum atomic E-state index is 12.8. The molecule has 1 aliphatic heterocycles. The first-order chi connectivity index (χ1) is 11.4. The van der Waals surface area contributed by atoms with E-state index in [0.29, 0.717) is 25.3 Å². The second-order valence-corrected chi connectivity index (χ2v) is 7.05. The molecule has 1 unspecified atom stereocenters. The van der Waals surface area contributed by atoms with Gasteiger partial charge in [0.25, 0.3) is 5.91 Å². The topological polar surface area (TPSA) is 78.5 Å². The third kappa shape index (κ3) is 3.00. The van der Waals surface area contributed by atoms with Crippen LogP contribution < -0.4 is 10.6 Å². The van der Waals surface area contributed by atoms with Crippen molar-refractivity contribution in [2.75, 3.05) is 13.1 Å². The molecule has 128 valence electrons. The largest absolute Gasteiger partial charge is 0.354 e. The quantitative estimate of drug-likeness (QED) is 0.816. The molecule has 1 saturated heterocycles. The number of aryl methyl sites for hydroxylation is 1. The molecule has 0 aromatic heterocycles. The molecule has 1 aromatic rings. The van der Waals surface area contributed by atoms with Crippen LogP contribution in [-0.4, -0.2) is 41.4 Å². The van der Waals surface area contributed by atoms with Gasteiger partial charge in [-0.15, -0.1) is 0 Å². The fourth-order valence-corrected chi connectivity index (χ4v) is 3.36. The van der Waals surface area contributed by atoms with Gasteiger partial charge in [0.15, 0.2) is 0 Å². The monoisotopic (exact) mass is 329 g/mol. The van der Waals surface area contributed by atoms with Crippen LogP contribution in [0.4, 0.5) is 4.79 Å². The number of rotatable bonds is 4. The molecule has 0 radical (unpaired) electrons. The van der Waals surface area contributed by atoms with Gasteiger partial charge in [0, 0.05) is 13.0 Å². The van der Waals surface area contributed by atoms with E-state index in [4.69, 9.17) is 0 Å². The lowest BCUT2D eigenvalue weighted by Gasteiger charge is -2.32. The number of imide groups is 1. The first-order valence-corrected chi connectivity index (χ1v) is 8.39. The Morgan fingerprint density at radius 3 is 2.71 bits per heavy atom. The molecule has 2 aliphatic rings. The number of benzene rings is 1. The molecular formula is C18H23N3O3. The summed E-state index contributed by atoms with van der Waals surface area (Å²) < 4.78 is 0. The highest BCUT2D eigenvalue weighted by molar-refractivity contribution is 6.09. The van der Waals surface area contributed by atoms with Crippen molar-refractivity contribution < 1.29 is 14.4 Å². The van der Waals surface area contributed by atoms with E-state index in [0.717, 1.165) is 16.9 Å². The molecular weight excluding hydrogens is 306 g/mol. The highest BCUT2D eigenvalue weighted by Crippen LogP contribution is 2.33. The lowest BCUT2D eigenvalue weighted by atomic mass is 9.78. The van der Waals surface area contributed by atoms with Crippen LogP contribution in [0.2, 0.25) is 0 Å². The van der Waals surface area contributed by atoms with E-state index >= 15 is 0 Å². The third-order valence-corrected chi connectivity index (χ3v) is 4.69. The molecule has 1 aliphatic carbocycles. The van der Waals surface area contributed by atoms with Crippen LogP contribution in [0, 0.1) is 5.92 Å². The second kappa shape index (κ2) is 6.26. The highest BCUT2D eigenvalue weighted by Gasteiger charge is 2.52. The summed E-state index contributed by atoms with van der Waals surface area (Å²) in [6, 6.07) is 7.50. The van der Waals surface area contributed by atoms with Crippen molar-refractivity contribution in [2.24, 2.45) is 5.92 Å². The number of hydrogen-bond donors (Lipinski definition) is 2. The number of nitrogens with one attached hydrogen (secondary N) is 2. The van der Waals surface area contributed by atoms with Crippen molar-refractivity contribution in [1.82, 2.24) is 15.5 Å². The Morgan fingerprint density at radius 1 is 1.29 bits per heavy atom. The summed E-state index contributed by atoms with van der Waals surface area (Å²) in [5.74, 6) is -0.277. The summed E-state index contributed by atoms with van der Waals surface area (Å²) in [4.78, 5) is 38.1. The van der Waals surface area contributed by atoms with Crippen molar-refractivity contribution in [2.45, 2.75) is 38.6 Å². The number of carbonyl (C=O) groups is 3.